The summed E-state index contributed by atoms with van der Waals surface area (Å²) in [6, 6.07) is 10.7. The molecule has 0 saturated carbocycles. The average molecular weight is 348 g/mol. The number of ether oxygens (including phenoxy) is 1. The van der Waals surface area contributed by atoms with E-state index in [9.17, 15) is 8.42 Å². The first-order valence-electron chi connectivity index (χ1n) is 7.00. The molecular formula is C16H16N2O3S2. The van der Waals surface area contributed by atoms with E-state index in [0.717, 1.165) is 10.9 Å². The van der Waals surface area contributed by atoms with Crippen molar-refractivity contribution >= 4 is 32.3 Å². The van der Waals surface area contributed by atoms with Crippen molar-refractivity contribution in [2.24, 2.45) is 0 Å². The zero-order valence-corrected chi connectivity index (χ0v) is 14.1. The van der Waals surface area contributed by atoms with Crippen LogP contribution in [0.1, 0.15) is 11.7 Å². The largest absolute Gasteiger partial charge is 0.375 e. The lowest BCUT2D eigenvalue weighted by Gasteiger charge is -2.15. The molecule has 0 amide bonds. The molecule has 0 radical (unpaired) electrons. The number of thiophene rings is 1. The molecular weight excluding hydrogens is 332 g/mol. The number of methoxy groups -OCH3 is 1. The maximum atomic E-state index is 12.6. The topological polar surface area (TPSA) is 68.3 Å². The van der Waals surface area contributed by atoms with E-state index in [2.05, 4.69) is 9.71 Å². The molecule has 2 aromatic heterocycles. The van der Waals surface area contributed by atoms with E-state index in [-0.39, 0.29) is 17.5 Å². The third-order valence-electron chi connectivity index (χ3n) is 3.54. The lowest BCUT2D eigenvalue weighted by molar-refractivity contribution is 0.107. The van der Waals surface area contributed by atoms with Gasteiger partial charge in [-0.15, -0.1) is 0 Å². The Hall–Kier alpha value is -1.80. The van der Waals surface area contributed by atoms with Crippen LogP contribution in [0.4, 0.5) is 0 Å². The Bertz CT molecular complexity index is 887. The summed E-state index contributed by atoms with van der Waals surface area (Å²) < 4.78 is 33.3. The molecule has 0 aliphatic carbocycles. The van der Waals surface area contributed by atoms with Gasteiger partial charge in [-0.05, 0) is 34.5 Å². The molecule has 3 aromatic rings. The number of benzene rings is 1. The average Bonchev–Trinajstić information content (AvgIpc) is 3.09. The summed E-state index contributed by atoms with van der Waals surface area (Å²) in [4.78, 5) is 4.37. The Morgan fingerprint density at radius 2 is 2.09 bits per heavy atom. The normalized spacial score (nSPS) is 13.3. The highest BCUT2D eigenvalue weighted by Crippen LogP contribution is 2.22. The molecule has 1 aromatic carbocycles. The van der Waals surface area contributed by atoms with Crippen molar-refractivity contribution in [3.05, 3.63) is 58.9 Å². The molecule has 0 aliphatic rings. The van der Waals surface area contributed by atoms with Gasteiger partial charge < -0.3 is 4.74 Å². The van der Waals surface area contributed by atoms with E-state index >= 15 is 0 Å². The number of hydrogen-bond donors (Lipinski definition) is 1. The van der Waals surface area contributed by atoms with Gasteiger partial charge in [0.25, 0.3) is 0 Å². The van der Waals surface area contributed by atoms with Crippen LogP contribution in [0.15, 0.2) is 58.3 Å². The SMILES string of the molecule is CO[C@H](CNS(=O)(=O)c1cccc2cccnc12)c1ccsc1. The van der Waals surface area contributed by atoms with Crippen LogP contribution in [0.5, 0.6) is 0 Å². The number of sulfonamides is 1. The summed E-state index contributed by atoms with van der Waals surface area (Å²) in [5.74, 6) is 0. The van der Waals surface area contributed by atoms with Crippen LogP contribution in [0, 0.1) is 0 Å². The summed E-state index contributed by atoms with van der Waals surface area (Å²) in [7, 11) is -2.11. The fraction of sp³-hybridized carbons (Fsp3) is 0.188. The van der Waals surface area contributed by atoms with Crippen LogP contribution in [0.25, 0.3) is 10.9 Å². The maximum absolute atomic E-state index is 12.6. The van der Waals surface area contributed by atoms with Gasteiger partial charge in [0.1, 0.15) is 4.90 Å². The van der Waals surface area contributed by atoms with Crippen molar-refractivity contribution in [2.45, 2.75) is 11.0 Å². The van der Waals surface area contributed by atoms with Crippen molar-refractivity contribution in [1.29, 1.82) is 0 Å². The summed E-state index contributed by atoms with van der Waals surface area (Å²) in [6.45, 7) is 0.165. The second-order valence-electron chi connectivity index (χ2n) is 4.96. The molecule has 0 bridgehead atoms. The van der Waals surface area contributed by atoms with Crippen LogP contribution in [-0.2, 0) is 14.8 Å². The number of nitrogens with zero attached hydrogens (tertiary/aromatic N) is 1. The van der Waals surface area contributed by atoms with Gasteiger partial charge in [0.2, 0.25) is 10.0 Å². The summed E-state index contributed by atoms with van der Waals surface area (Å²) in [5.41, 5.74) is 1.42. The Morgan fingerprint density at radius 1 is 1.26 bits per heavy atom. The molecule has 1 N–H and O–H groups in total. The first kappa shape index (κ1) is 16.1. The third-order valence-corrected chi connectivity index (χ3v) is 5.70. The quantitative estimate of drug-likeness (QED) is 0.744. The zero-order valence-electron chi connectivity index (χ0n) is 12.5. The molecule has 0 aliphatic heterocycles. The van der Waals surface area contributed by atoms with Crippen molar-refractivity contribution in [3.8, 4) is 0 Å². The summed E-state index contributed by atoms with van der Waals surface area (Å²) >= 11 is 1.55. The Balaban J connectivity index is 1.86. The number of fused-ring (bicyclic) bond motifs is 1. The first-order valence-corrected chi connectivity index (χ1v) is 9.43. The minimum atomic E-state index is -3.67. The molecule has 5 nitrogen and oxygen atoms in total. The molecule has 0 saturated heterocycles. The van der Waals surface area contributed by atoms with E-state index in [4.69, 9.17) is 4.74 Å². The fourth-order valence-electron chi connectivity index (χ4n) is 2.35. The highest BCUT2D eigenvalue weighted by atomic mass is 32.2. The lowest BCUT2D eigenvalue weighted by Crippen LogP contribution is -2.29. The Morgan fingerprint density at radius 3 is 2.83 bits per heavy atom. The first-order chi connectivity index (χ1) is 11.1. The van der Waals surface area contributed by atoms with Crippen LogP contribution >= 0.6 is 11.3 Å². The zero-order chi connectivity index (χ0) is 16.3. The van der Waals surface area contributed by atoms with Gasteiger partial charge >= 0.3 is 0 Å². The molecule has 120 valence electrons. The molecule has 0 spiro atoms. The van der Waals surface area contributed by atoms with Crippen molar-refractivity contribution in [2.75, 3.05) is 13.7 Å². The molecule has 7 heteroatoms. The predicted octanol–water partition coefficient (Wildman–Crippen LogP) is 2.96. The molecule has 23 heavy (non-hydrogen) atoms. The van der Waals surface area contributed by atoms with Crippen molar-refractivity contribution < 1.29 is 13.2 Å². The van der Waals surface area contributed by atoms with Gasteiger partial charge in [-0.1, -0.05) is 18.2 Å². The standard InChI is InChI=1S/C16H16N2O3S2/c1-21-14(13-7-9-22-11-13)10-18-23(19,20)15-6-2-4-12-5-3-8-17-16(12)15/h2-9,11,14,18H,10H2,1H3/t14-/m1/s1. The number of rotatable bonds is 6. The monoisotopic (exact) mass is 348 g/mol. The second-order valence-corrected chi connectivity index (χ2v) is 7.48. The van der Waals surface area contributed by atoms with Gasteiger partial charge in [-0.2, -0.15) is 11.3 Å². The van der Waals surface area contributed by atoms with Crippen LogP contribution in [-0.4, -0.2) is 27.1 Å². The van der Waals surface area contributed by atoms with E-state index in [0.29, 0.717) is 5.52 Å². The molecule has 1 atom stereocenters. The van der Waals surface area contributed by atoms with E-state index in [1.807, 2.05) is 29.0 Å². The number of aromatic nitrogens is 1. The minimum absolute atomic E-state index is 0.165. The number of hydrogen-bond acceptors (Lipinski definition) is 5. The lowest BCUT2D eigenvalue weighted by atomic mass is 10.2. The number of nitrogens with one attached hydrogen (secondary N) is 1. The molecule has 2 heterocycles. The molecule has 0 unspecified atom stereocenters. The number of pyridine rings is 1. The van der Waals surface area contributed by atoms with E-state index in [1.54, 1.807) is 42.8 Å². The van der Waals surface area contributed by atoms with E-state index in [1.165, 1.54) is 0 Å². The summed E-state index contributed by atoms with van der Waals surface area (Å²) in [5, 5.41) is 4.67. The molecule has 3 rings (SSSR count). The van der Waals surface area contributed by atoms with Gasteiger partial charge in [0, 0.05) is 25.2 Å². The van der Waals surface area contributed by atoms with Crippen LogP contribution in [0.3, 0.4) is 0 Å². The smallest absolute Gasteiger partial charge is 0.242 e. The highest BCUT2D eigenvalue weighted by molar-refractivity contribution is 7.89. The molecule has 0 fully saturated rings. The predicted molar refractivity (Wildman–Crippen MR) is 91.0 cm³/mol. The van der Waals surface area contributed by atoms with Crippen LogP contribution in [0.2, 0.25) is 0 Å². The Kier molecular flexibility index (Phi) is 4.72. The summed E-state index contributed by atoms with van der Waals surface area (Å²) in [6.07, 6.45) is 1.27. The maximum Gasteiger partial charge on any atom is 0.242 e. The minimum Gasteiger partial charge on any atom is -0.375 e. The highest BCUT2D eigenvalue weighted by Gasteiger charge is 2.20. The van der Waals surface area contributed by atoms with Crippen molar-refractivity contribution in [3.63, 3.8) is 0 Å². The van der Waals surface area contributed by atoms with Gasteiger partial charge in [0.05, 0.1) is 11.6 Å². The van der Waals surface area contributed by atoms with Gasteiger partial charge in [-0.3, -0.25) is 4.98 Å². The second kappa shape index (κ2) is 6.76. The van der Waals surface area contributed by atoms with Gasteiger partial charge in [0.15, 0.2) is 0 Å². The number of para-hydroxylation sites is 1. The van der Waals surface area contributed by atoms with E-state index < -0.39 is 10.0 Å². The van der Waals surface area contributed by atoms with Crippen LogP contribution < -0.4 is 4.72 Å². The third kappa shape index (κ3) is 3.42. The van der Waals surface area contributed by atoms with Crippen molar-refractivity contribution in [1.82, 2.24) is 9.71 Å². The Labute approximate surface area is 139 Å². The van der Waals surface area contributed by atoms with Gasteiger partial charge in [-0.25, -0.2) is 13.1 Å². The fourth-order valence-corrected chi connectivity index (χ4v) is 4.26.